The van der Waals surface area contributed by atoms with Crippen molar-refractivity contribution in [1.29, 1.82) is 0 Å². The van der Waals surface area contributed by atoms with E-state index in [-0.39, 0.29) is 0 Å². The molecule has 0 atom stereocenters. The molecule has 1 aromatic heterocycles. The Kier molecular flexibility index (Phi) is 2.41. The second-order valence-electron chi connectivity index (χ2n) is 1.82. The van der Waals surface area contributed by atoms with E-state index in [4.69, 9.17) is 0 Å². The Bertz CT molecular complexity index is 267. The van der Waals surface area contributed by atoms with Crippen LogP contribution in [0.4, 0.5) is 0 Å². The number of hydrogen-bond donors (Lipinski definition) is 0. The van der Waals surface area contributed by atoms with Crippen molar-refractivity contribution >= 4 is 11.8 Å². The largest absolute Gasteiger partial charge is 0.327 e. The zero-order chi connectivity index (χ0) is 7.40. The van der Waals surface area contributed by atoms with Crippen LogP contribution in [0.5, 0.6) is 0 Å². The maximum absolute atomic E-state index is 3.93. The molecule has 0 bridgehead atoms. The van der Waals surface area contributed by atoms with Gasteiger partial charge in [0.15, 0.2) is 0 Å². The highest BCUT2D eigenvalue weighted by Crippen LogP contribution is 1.94. The van der Waals surface area contributed by atoms with E-state index in [1.54, 1.807) is 12.5 Å². The lowest BCUT2D eigenvalue weighted by molar-refractivity contribution is 0.899. The first-order valence-electron chi connectivity index (χ1n) is 2.85. The monoisotopic (exact) mass is 152 g/mol. The summed E-state index contributed by atoms with van der Waals surface area (Å²) in [6.45, 7) is 0. The van der Waals surface area contributed by atoms with E-state index in [1.807, 2.05) is 17.9 Å². The molecule has 0 amide bonds. The molecule has 10 heavy (non-hydrogen) atoms. The molecular weight excluding hydrogens is 144 g/mol. The molecular formula is C7H8N2S. The van der Waals surface area contributed by atoms with E-state index in [0.29, 0.717) is 0 Å². The van der Waals surface area contributed by atoms with E-state index in [1.165, 1.54) is 11.8 Å². The number of aryl methyl sites for hydroxylation is 1. The van der Waals surface area contributed by atoms with Gasteiger partial charge in [-0.05, 0) is 17.4 Å². The van der Waals surface area contributed by atoms with Crippen LogP contribution in [0.1, 0.15) is 5.69 Å². The smallest absolute Gasteiger partial charge is 0.112 e. The van der Waals surface area contributed by atoms with Crippen molar-refractivity contribution in [2.45, 2.75) is 0 Å². The summed E-state index contributed by atoms with van der Waals surface area (Å²) >= 11 is 1.51. The van der Waals surface area contributed by atoms with Gasteiger partial charge in [-0.2, -0.15) is 0 Å². The third kappa shape index (κ3) is 1.55. The molecule has 3 heteroatoms. The van der Waals surface area contributed by atoms with Crippen LogP contribution in [0.3, 0.4) is 0 Å². The van der Waals surface area contributed by atoms with Gasteiger partial charge in [-0.1, -0.05) is 11.8 Å². The molecule has 0 fully saturated rings. The Balaban J connectivity index is 2.84. The molecule has 0 spiro atoms. The minimum absolute atomic E-state index is 0.953. The molecule has 0 aliphatic heterocycles. The Morgan fingerprint density at radius 3 is 3.00 bits per heavy atom. The van der Waals surface area contributed by atoms with Crippen LogP contribution in [0.15, 0.2) is 12.5 Å². The maximum atomic E-state index is 3.93. The van der Waals surface area contributed by atoms with Gasteiger partial charge in [0.05, 0.1) is 12.5 Å². The van der Waals surface area contributed by atoms with Crippen molar-refractivity contribution in [3.63, 3.8) is 0 Å². The molecule has 1 heterocycles. The lowest BCUT2D eigenvalue weighted by atomic mass is 10.5. The summed E-state index contributed by atoms with van der Waals surface area (Å²) in [7, 11) is 1.93. The third-order valence-electron chi connectivity index (χ3n) is 1.10. The maximum Gasteiger partial charge on any atom is 0.112 e. The van der Waals surface area contributed by atoms with Crippen LogP contribution >= 0.6 is 11.8 Å². The average molecular weight is 152 g/mol. The number of nitrogens with zero attached hydrogens (tertiary/aromatic N) is 2. The summed E-state index contributed by atoms with van der Waals surface area (Å²) in [6.07, 6.45) is 5.44. The fourth-order valence-corrected chi connectivity index (χ4v) is 0.788. The SMILES string of the molecule is CSC#Cc1cncn1C. The Morgan fingerprint density at radius 1 is 1.70 bits per heavy atom. The molecule has 2 nitrogen and oxygen atoms in total. The molecule has 0 aliphatic rings. The molecule has 0 unspecified atom stereocenters. The lowest BCUT2D eigenvalue weighted by Gasteiger charge is -1.87. The van der Waals surface area contributed by atoms with Gasteiger partial charge in [0.2, 0.25) is 0 Å². The van der Waals surface area contributed by atoms with Gasteiger partial charge in [-0.3, -0.25) is 0 Å². The number of hydrogen-bond acceptors (Lipinski definition) is 2. The van der Waals surface area contributed by atoms with Crippen LogP contribution in [-0.4, -0.2) is 15.8 Å². The van der Waals surface area contributed by atoms with Gasteiger partial charge >= 0.3 is 0 Å². The molecule has 0 aromatic carbocycles. The third-order valence-corrected chi connectivity index (χ3v) is 1.40. The minimum Gasteiger partial charge on any atom is -0.327 e. The molecule has 0 aliphatic carbocycles. The second-order valence-corrected chi connectivity index (χ2v) is 2.43. The number of rotatable bonds is 0. The molecule has 0 saturated carbocycles. The first-order valence-corrected chi connectivity index (χ1v) is 4.07. The Labute approximate surface area is 64.7 Å². The standard InChI is InChI=1S/C7H8N2S/c1-9-6-8-5-7(9)3-4-10-2/h5-6H,1-2H3. The van der Waals surface area contributed by atoms with Crippen molar-refractivity contribution < 1.29 is 0 Å². The van der Waals surface area contributed by atoms with Crippen molar-refractivity contribution in [1.82, 2.24) is 9.55 Å². The summed E-state index contributed by atoms with van der Waals surface area (Å²) in [5.41, 5.74) is 0.953. The Hall–Kier alpha value is -0.880. The lowest BCUT2D eigenvalue weighted by Crippen LogP contribution is -1.87. The summed E-state index contributed by atoms with van der Waals surface area (Å²) in [5, 5.41) is 2.90. The predicted octanol–water partition coefficient (Wildman–Crippen LogP) is 1.09. The van der Waals surface area contributed by atoms with Gasteiger partial charge in [0.1, 0.15) is 5.69 Å². The van der Waals surface area contributed by atoms with E-state index >= 15 is 0 Å². The predicted molar refractivity (Wildman–Crippen MR) is 43.6 cm³/mol. The topological polar surface area (TPSA) is 17.8 Å². The van der Waals surface area contributed by atoms with Crippen LogP contribution in [0.2, 0.25) is 0 Å². The summed E-state index contributed by atoms with van der Waals surface area (Å²) in [5.74, 6) is 2.96. The van der Waals surface area contributed by atoms with E-state index in [0.717, 1.165) is 5.69 Å². The zero-order valence-corrected chi connectivity index (χ0v) is 6.77. The number of imidazole rings is 1. The van der Waals surface area contributed by atoms with Crippen LogP contribution < -0.4 is 0 Å². The summed E-state index contributed by atoms with van der Waals surface area (Å²) in [6, 6.07) is 0. The van der Waals surface area contributed by atoms with Gasteiger partial charge in [0.25, 0.3) is 0 Å². The normalized spacial score (nSPS) is 8.60. The Morgan fingerprint density at radius 2 is 2.50 bits per heavy atom. The molecule has 0 radical (unpaired) electrons. The van der Waals surface area contributed by atoms with E-state index < -0.39 is 0 Å². The first-order chi connectivity index (χ1) is 4.84. The van der Waals surface area contributed by atoms with Crippen molar-refractivity contribution in [2.75, 3.05) is 6.26 Å². The first kappa shape index (κ1) is 7.23. The van der Waals surface area contributed by atoms with Crippen molar-refractivity contribution in [3.8, 4) is 11.2 Å². The fourth-order valence-electron chi connectivity index (χ4n) is 0.581. The fraction of sp³-hybridized carbons (Fsp3) is 0.286. The van der Waals surface area contributed by atoms with Crippen LogP contribution in [0, 0.1) is 11.2 Å². The van der Waals surface area contributed by atoms with E-state index in [9.17, 15) is 0 Å². The summed E-state index contributed by atoms with van der Waals surface area (Å²) < 4.78 is 1.89. The zero-order valence-electron chi connectivity index (χ0n) is 5.96. The molecule has 0 saturated heterocycles. The average Bonchev–Trinajstić information content (AvgIpc) is 2.31. The number of aromatic nitrogens is 2. The molecule has 1 aromatic rings. The molecule has 1 rings (SSSR count). The van der Waals surface area contributed by atoms with Gasteiger partial charge in [0, 0.05) is 7.05 Å². The van der Waals surface area contributed by atoms with Crippen LogP contribution in [0.25, 0.3) is 0 Å². The number of thioether (sulfide) groups is 1. The van der Waals surface area contributed by atoms with Gasteiger partial charge in [-0.25, -0.2) is 4.98 Å². The minimum atomic E-state index is 0.953. The molecule has 0 N–H and O–H groups in total. The van der Waals surface area contributed by atoms with E-state index in [2.05, 4.69) is 16.2 Å². The quantitative estimate of drug-likeness (QED) is 0.518. The van der Waals surface area contributed by atoms with Gasteiger partial charge in [-0.15, -0.1) is 0 Å². The van der Waals surface area contributed by atoms with Gasteiger partial charge < -0.3 is 4.57 Å². The van der Waals surface area contributed by atoms with Crippen LogP contribution in [-0.2, 0) is 7.05 Å². The van der Waals surface area contributed by atoms with Crippen molar-refractivity contribution in [2.24, 2.45) is 7.05 Å². The highest BCUT2D eigenvalue weighted by Gasteiger charge is 1.89. The highest BCUT2D eigenvalue weighted by molar-refractivity contribution is 8.03. The highest BCUT2D eigenvalue weighted by atomic mass is 32.2. The molecule has 52 valence electrons. The summed E-state index contributed by atoms with van der Waals surface area (Å²) in [4.78, 5) is 3.93. The van der Waals surface area contributed by atoms with Crippen molar-refractivity contribution in [3.05, 3.63) is 18.2 Å². The second kappa shape index (κ2) is 3.33.